The molecule has 0 aliphatic heterocycles. The van der Waals surface area contributed by atoms with E-state index in [0.717, 1.165) is 0 Å². The monoisotopic (exact) mass is 373 g/mol. The maximum atomic E-state index is 12.5. The number of nitrogens with zero attached hydrogens (tertiary/aromatic N) is 3. The Balaban J connectivity index is 2.36. The molecule has 0 radical (unpaired) electrons. The molecule has 0 bridgehead atoms. The molecule has 2 rings (SSSR count). The van der Waals surface area contributed by atoms with Crippen LogP contribution in [0.4, 0.5) is 11.5 Å². The minimum Gasteiger partial charge on any atom is -0.369 e. The van der Waals surface area contributed by atoms with Crippen molar-refractivity contribution in [2.75, 3.05) is 16.6 Å². The Morgan fingerprint density at radius 2 is 2.10 bits per heavy atom. The Bertz CT molecular complexity index is 729. The second-order valence-corrected chi connectivity index (χ2v) is 6.79. The first-order valence-corrected chi connectivity index (χ1v) is 8.68. The van der Waals surface area contributed by atoms with Crippen LogP contribution in [0.1, 0.15) is 13.8 Å². The highest BCUT2D eigenvalue weighted by Gasteiger charge is 2.21. The first-order chi connectivity index (χ1) is 9.96. The number of hydrogen-bond donors (Lipinski definition) is 2. The average Bonchev–Trinajstić information content (AvgIpc) is 2.88. The number of pyridine rings is 1. The zero-order valence-electron chi connectivity index (χ0n) is 11.7. The number of aromatic nitrogens is 3. The number of nitrogens with one attached hydrogen (secondary N) is 2. The predicted octanol–water partition coefficient (Wildman–Crippen LogP) is 2.29. The first kappa shape index (κ1) is 15.8. The lowest BCUT2D eigenvalue weighted by Gasteiger charge is -2.11. The summed E-state index contributed by atoms with van der Waals surface area (Å²) in [7, 11) is -3.74. The Labute approximate surface area is 132 Å². The molecule has 0 fully saturated rings. The van der Waals surface area contributed by atoms with Crippen LogP contribution in [0.15, 0.2) is 34.0 Å². The average molecular weight is 374 g/mol. The van der Waals surface area contributed by atoms with Gasteiger partial charge in [-0.1, -0.05) is 0 Å². The van der Waals surface area contributed by atoms with Gasteiger partial charge in [-0.25, -0.2) is 13.4 Å². The van der Waals surface area contributed by atoms with E-state index in [-0.39, 0.29) is 4.90 Å². The highest BCUT2D eigenvalue weighted by molar-refractivity contribution is 9.10. The zero-order valence-corrected chi connectivity index (χ0v) is 14.1. The van der Waals surface area contributed by atoms with E-state index in [9.17, 15) is 8.42 Å². The summed E-state index contributed by atoms with van der Waals surface area (Å²) in [6.45, 7) is 5.04. The quantitative estimate of drug-likeness (QED) is 0.810. The van der Waals surface area contributed by atoms with Crippen LogP contribution in [-0.2, 0) is 16.6 Å². The molecule has 0 amide bonds. The number of aryl methyl sites for hydroxylation is 1. The van der Waals surface area contributed by atoms with Gasteiger partial charge in [0.2, 0.25) is 0 Å². The molecule has 9 heteroatoms. The lowest BCUT2D eigenvalue weighted by molar-refractivity contribution is 0.601. The summed E-state index contributed by atoms with van der Waals surface area (Å²) in [5.41, 5.74) is 0.416. The van der Waals surface area contributed by atoms with Crippen LogP contribution in [0.2, 0.25) is 0 Å². The second-order valence-electron chi connectivity index (χ2n) is 4.22. The number of sulfonamides is 1. The van der Waals surface area contributed by atoms with Crippen LogP contribution < -0.4 is 10.0 Å². The summed E-state index contributed by atoms with van der Waals surface area (Å²) < 4.78 is 29.7. The Hall–Kier alpha value is -1.61. The van der Waals surface area contributed by atoms with E-state index in [1.807, 2.05) is 13.8 Å². The lowest BCUT2D eigenvalue weighted by atomic mass is 10.4. The molecule has 0 atom stereocenters. The van der Waals surface area contributed by atoms with Crippen molar-refractivity contribution in [1.82, 2.24) is 14.8 Å². The van der Waals surface area contributed by atoms with Crippen LogP contribution in [0.5, 0.6) is 0 Å². The summed E-state index contributed by atoms with van der Waals surface area (Å²) in [6.07, 6.45) is 4.65. The minimum atomic E-state index is -3.74. The molecule has 2 N–H and O–H groups in total. The summed E-state index contributed by atoms with van der Waals surface area (Å²) in [5, 5.41) is 6.98. The number of anilines is 2. The van der Waals surface area contributed by atoms with Gasteiger partial charge in [0.1, 0.15) is 10.7 Å². The van der Waals surface area contributed by atoms with Crippen molar-refractivity contribution in [3.05, 3.63) is 29.1 Å². The van der Waals surface area contributed by atoms with Gasteiger partial charge in [0.15, 0.2) is 0 Å². The van der Waals surface area contributed by atoms with Crippen LogP contribution in [0, 0.1) is 0 Å². The number of halogens is 1. The Kier molecular flexibility index (Phi) is 4.84. The highest BCUT2D eigenvalue weighted by atomic mass is 79.9. The summed E-state index contributed by atoms with van der Waals surface area (Å²) >= 11 is 3.24. The second kappa shape index (κ2) is 6.44. The molecule has 114 valence electrons. The summed E-state index contributed by atoms with van der Waals surface area (Å²) in [6, 6.07) is 1.51. The van der Waals surface area contributed by atoms with E-state index in [4.69, 9.17) is 0 Å². The molecular formula is C12H16BrN5O2S. The van der Waals surface area contributed by atoms with Crippen molar-refractivity contribution in [1.29, 1.82) is 0 Å². The van der Waals surface area contributed by atoms with Gasteiger partial charge >= 0.3 is 0 Å². The van der Waals surface area contributed by atoms with Crippen molar-refractivity contribution in [3.63, 3.8) is 0 Å². The zero-order chi connectivity index (χ0) is 15.5. The molecule has 0 spiro atoms. The third-order valence-electron chi connectivity index (χ3n) is 2.66. The molecule has 2 heterocycles. The maximum absolute atomic E-state index is 12.5. The topological polar surface area (TPSA) is 88.9 Å². The van der Waals surface area contributed by atoms with E-state index in [1.54, 1.807) is 17.1 Å². The highest BCUT2D eigenvalue weighted by Crippen LogP contribution is 2.25. The number of hydrogen-bond acceptors (Lipinski definition) is 5. The van der Waals surface area contributed by atoms with Gasteiger partial charge in [0.05, 0.1) is 11.9 Å². The fourth-order valence-corrected chi connectivity index (χ4v) is 3.40. The fraction of sp³-hybridized carbons (Fsp3) is 0.333. The third-order valence-corrected chi connectivity index (χ3v) is 4.49. The molecule has 0 saturated carbocycles. The van der Waals surface area contributed by atoms with Gasteiger partial charge in [0.25, 0.3) is 10.0 Å². The Morgan fingerprint density at radius 1 is 1.33 bits per heavy atom. The first-order valence-electron chi connectivity index (χ1n) is 6.41. The fourth-order valence-electron chi connectivity index (χ4n) is 1.73. The van der Waals surface area contributed by atoms with Gasteiger partial charge in [-0.15, -0.1) is 0 Å². The van der Waals surface area contributed by atoms with Gasteiger partial charge in [0, 0.05) is 30.0 Å². The molecule has 0 aliphatic rings. The molecule has 7 nitrogen and oxygen atoms in total. The van der Waals surface area contributed by atoms with Gasteiger partial charge in [-0.05, 0) is 35.8 Å². The van der Waals surface area contributed by atoms with E-state index in [1.165, 1.54) is 12.3 Å². The third kappa shape index (κ3) is 3.73. The minimum absolute atomic E-state index is 0.0861. The molecule has 2 aromatic heterocycles. The SMILES string of the molecule is CCNc1ncc(Br)cc1S(=O)(=O)Nc1cnn(CC)c1. The molecule has 21 heavy (non-hydrogen) atoms. The van der Waals surface area contributed by atoms with E-state index >= 15 is 0 Å². The predicted molar refractivity (Wildman–Crippen MR) is 84.8 cm³/mol. The van der Waals surface area contributed by atoms with Gasteiger partial charge < -0.3 is 5.32 Å². The normalized spacial score (nSPS) is 11.4. The molecule has 0 saturated heterocycles. The number of rotatable bonds is 6. The largest absolute Gasteiger partial charge is 0.369 e. The maximum Gasteiger partial charge on any atom is 0.265 e. The van der Waals surface area contributed by atoms with Crippen molar-refractivity contribution in [3.8, 4) is 0 Å². The van der Waals surface area contributed by atoms with Crippen LogP contribution >= 0.6 is 15.9 Å². The molecule has 2 aromatic rings. The lowest BCUT2D eigenvalue weighted by Crippen LogP contribution is -2.16. The van der Waals surface area contributed by atoms with Crippen LogP contribution in [0.3, 0.4) is 0 Å². The summed E-state index contributed by atoms with van der Waals surface area (Å²) in [5.74, 6) is 0.316. The molecule has 0 unspecified atom stereocenters. The standard InChI is InChI=1S/C12H16BrN5O2S/c1-3-14-12-11(5-9(13)6-15-12)21(19,20)17-10-7-16-18(4-2)8-10/h5-8,17H,3-4H2,1-2H3,(H,14,15). The van der Waals surface area contributed by atoms with Crippen molar-refractivity contribution in [2.45, 2.75) is 25.3 Å². The van der Waals surface area contributed by atoms with Crippen molar-refractivity contribution >= 4 is 37.5 Å². The van der Waals surface area contributed by atoms with Crippen LogP contribution in [0.25, 0.3) is 0 Å². The van der Waals surface area contributed by atoms with E-state index < -0.39 is 10.0 Å². The van der Waals surface area contributed by atoms with Crippen molar-refractivity contribution < 1.29 is 8.42 Å². The molecular weight excluding hydrogens is 358 g/mol. The van der Waals surface area contributed by atoms with Gasteiger partial charge in [-0.2, -0.15) is 5.10 Å². The summed E-state index contributed by atoms with van der Waals surface area (Å²) in [4.78, 5) is 4.19. The van der Waals surface area contributed by atoms with Crippen molar-refractivity contribution in [2.24, 2.45) is 0 Å². The van der Waals surface area contributed by atoms with E-state index in [0.29, 0.717) is 29.1 Å². The Morgan fingerprint density at radius 3 is 2.71 bits per heavy atom. The molecule has 0 aliphatic carbocycles. The smallest absolute Gasteiger partial charge is 0.265 e. The van der Waals surface area contributed by atoms with E-state index in [2.05, 4.69) is 36.1 Å². The van der Waals surface area contributed by atoms with Crippen LogP contribution in [-0.4, -0.2) is 29.7 Å². The van der Waals surface area contributed by atoms with Gasteiger partial charge in [-0.3, -0.25) is 9.40 Å². The molecule has 0 aromatic carbocycles.